The van der Waals surface area contributed by atoms with Crippen LogP contribution in [-0.4, -0.2) is 26.4 Å². The first-order chi connectivity index (χ1) is 13.2. The quantitative estimate of drug-likeness (QED) is 0.446. The standard InChI is InChI=1S/C24H34O3/c1-5-19(21-9-13-23(14-10-21)26-7-3)17-25-18-20(6-2)22-11-15-24(16-12-22)27-8-4/h9-16,19-20H,5-8,17-18H2,1-4H3. The zero-order valence-electron chi connectivity index (χ0n) is 17.2. The molecule has 2 atom stereocenters. The highest BCUT2D eigenvalue weighted by molar-refractivity contribution is 5.30. The molecule has 0 aromatic heterocycles. The first-order valence-electron chi connectivity index (χ1n) is 10.2. The molecular weight excluding hydrogens is 336 g/mol. The van der Waals surface area contributed by atoms with Gasteiger partial charge in [0.1, 0.15) is 11.5 Å². The third-order valence-electron chi connectivity index (χ3n) is 4.95. The summed E-state index contributed by atoms with van der Waals surface area (Å²) in [5, 5.41) is 0. The summed E-state index contributed by atoms with van der Waals surface area (Å²) in [6.45, 7) is 11.3. The molecular formula is C24H34O3. The molecule has 0 spiro atoms. The molecule has 0 aliphatic heterocycles. The Morgan fingerprint density at radius 3 is 1.26 bits per heavy atom. The molecule has 0 amide bonds. The van der Waals surface area contributed by atoms with Gasteiger partial charge in [0.2, 0.25) is 0 Å². The molecule has 0 heterocycles. The normalized spacial score (nSPS) is 13.2. The smallest absolute Gasteiger partial charge is 0.119 e. The predicted octanol–water partition coefficient (Wildman–Crippen LogP) is 6.19. The topological polar surface area (TPSA) is 27.7 Å². The Balaban J connectivity index is 1.89. The van der Waals surface area contributed by atoms with Crippen molar-refractivity contribution in [1.82, 2.24) is 0 Å². The SMILES string of the molecule is CCOc1ccc(C(CC)COCC(CC)c2ccc(OCC)cc2)cc1. The fraction of sp³-hybridized carbons (Fsp3) is 0.500. The summed E-state index contributed by atoms with van der Waals surface area (Å²) >= 11 is 0. The van der Waals surface area contributed by atoms with Gasteiger partial charge in [-0.05, 0) is 62.1 Å². The van der Waals surface area contributed by atoms with Crippen LogP contribution in [0.2, 0.25) is 0 Å². The molecule has 148 valence electrons. The second kappa shape index (κ2) is 11.7. The molecule has 0 aliphatic carbocycles. The molecule has 0 aliphatic rings. The Kier molecular flexibility index (Phi) is 9.20. The largest absolute Gasteiger partial charge is 0.494 e. The molecule has 3 heteroatoms. The van der Waals surface area contributed by atoms with Gasteiger partial charge >= 0.3 is 0 Å². The predicted molar refractivity (Wildman–Crippen MR) is 112 cm³/mol. The Labute approximate surface area is 164 Å². The van der Waals surface area contributed by atoms with Gasteiger partial charge in [-0.25, -0.2) is 0 Å². The summed E-state index contributed by atoms with van der Waals surface area (Å²) in [6.07, 6.45) is 2.13. The highest BCUT2D eigenvalue weighted by atomic mass is 16.5. The molecule has 0 bridgehead atoms. The fourth-order valence-corrected chi connectivity index (χ4v) is 3.26. The lowest BCUT2D eigenvalue weighted by Crippen LogP contribution is -2.13. The first-order valence-corrected chi connectivity index (χ1v) is 10.2. The Morgan fingerprint density at radius 2 is 0.963 bits per heavy atom. The molecule has 3 nitrogen and oxygen atoms in total. The second-order valence-corrected chi connectivity index (χ2v) is 6.75. The Hall–Kier alpha value is -2.00. The lowest BCUT2D eigenvalue weighted by atomic mass is 9.96. The molecule has 2 aromatic rings. The first kappa shape index (κ1) is 21.3. The molecule has 0 radical (unpaired) electrons. The van der Waals surface area contributed by atoms with Gasteiger partial charge in [0.25, 0.3) is 0 Å². The number of benzene rings is 2. The van der Waals surface area contributed by atoms with Crippen molar-refractivity contribution in [3.63, 3.8) is 0 Å². The molecule has 0 N–H and O–H groups in total. The van der Waals surface area contributed by atoms with E-state index in [1.54, 1.807) is 0 Å². The molecule has 2 aromatic carbocycles. The Morgan fingerprint density at radius 1 is 0.593 bits per heavy atom. The van der Waals surface area contributed by atoms with Crippen LogP contribution in [0.5, 0.6) is 11.5 Å². The van der Waals surface area contributed by atoms with E-state index in [4.69, 9.17) is 14.2 Å². The summed E-state index contributed by atoms with van der Waals surface area (Å²) in [5.41, 5.74) is 2.63. The van der Waals surface area contributed by atoms with Crippen LogP contribution in [0.4, 0.5) is 0 Å². The maximum absolute atomic E-state index is 6.14. The van der Waals surface area contributed by atoms with E-state index in [0.29, 0.717) is 25.0 Å². The molecule has 0 fully saturated rings. The van der Waals surface area contributed by atoms with Gasteiger partial charge in [-0.15, -0.1) is 0 Å². The van der Waals surface area contributed by atoms with Gasteiger partial charge in [-0.3, -0.25) is 0 Å². The van der Waals surface area contributed by atoms with Crippen LogP contribution in [0.25, 0.3) is 0 Å². The van der Waals surface area contributed by atoms with Crippen LogP contribution in [0.1, 0.15) is 63.5 Å². The van der Waals surface area contributed by atoms with E-state index in [9.17, 15) is 0 Å². The zero-order valence-corrected chi connectivity index (χ0v) is 17.2. The van der Waals surface area contributed by atoms with E-state index in [-0.39, 0.29) is 0 Å². The Bertz CT molecular complexity index is 576. The van der Waals surface area contributed by atoms with E-state index in [1.807, 2.05) is 13.8 Å². The second-order valence-electron chi connectivity index (χ2n) is 6.75. The minimum Gasteiger partial charge on any atom is -0.494 e. The maximum Gasteiger partial charge on any atom is 0.119 e. The highest BCUT2D eigenvalue weighted by Gasteiger charge is 2.14. The average Bonchev–Trinajstić information content (AvgIpc) is 2.70. The van der Waals surface area contributed by atoms with Crippen LogP contribution in [0, 0.1) is 0 Å². The monoisotopic (exact) mass is 370 g/mol. The average molecular weight is 371 g/mol. The van der Waals surface area contributed by atoms with Crippen molar-refractivity contribution in [2.75, 3.05) is 26.4 Å². The summed E-state index contributed by atoms with van der Waals surface area (Å²) < 4.78 is 17.2. The van der Waals surface area contributed by atoms with Crippen LogP contribution >= 0.6 is 0 Å². The lowest BCUT2D eigenvalue weighted by Gasteiger charge is -2.20. The number of hydrogen-bond acceptors (Lipinski definition) is 3. The van der Waals surface area contributed by atoms with E-state index >= 15 is 0 Å². The van der Waals surface area contributed by atoms with E-state index in [0.717, 1.165) is 37.6 Å². The zero-order chi connectivity index (χ0) is 19.5. The lowest BCUT2D eigenvalue weighted by molar-refractivity contribution is 0.104. The molecule has 2 unspecified atom stereocenters. The number of hydrogen-bond donors (Lipinski definition) is 0. The van der Waals surface area contributed by atoms with Gasteiger partial charge in [-0.1, -0.05) is 38.1 Å². The van der Waals surface area contributed by atoms with Gasteiger partial charge in [0.05, 0.1) is 26.4 Å². The van der Waals surface area contributed by atoms with Crippen molar-refractivity contribution in [1.29, 1.82) is 0 Å². The molecule has 0 saturated carbocycles. The van der Waals surface area contributed by atoms with Gasteiger partial charge in [-0.2, -0.15) is 0 Å². The fourth-order valence-electron chi connectivity index (χ4n) is 3.26. The van der Waals surface area contributed by atoms with Crippen molar-refractivity contribution >= 4 is 0 Å². The van der Waals surface area contributed by atoms with E-state index < -0.39 is 0 Å². The van der Waals surface area contributed by atoms with Crippen molar-refractivity contribution in [3.05, 3.63) is 59.7 Å². The summed E-state index contributed by atoms with van der Waals surface area (Å²) in [6, 6.07) is 16.8. The van der Waals surface area contributed by atoms with Crippen molar-refractivity contribution in [2.24, 2.45) is 0 Å². The van der Waals surface area contributed by atoms with Gasteiger partial charge < -0.3 is 14.2 Å². The summed E-state index contributed by atoms with van der Waals surface area (Å²) in [4.78, 5) is 0. The van der Waals surface area contributed by atoms with Crippen LogP contribution in [0.15, 0.2) is 48.5 Å². The van der Waals surface area contributed by atoms with Crippen LogP contribution in [0.3, 0.4) is 0 Å². The number of ether oxygens (including phenoxy) is 3. The minimum atomic E-state index is 0.415. The van der Waals surface area contributed by atoms with Crippen molar-refractivity contribution in [3.8, 4) is 11.5 Å². The highest BCUT2D eigenvalue weighted by Crippen LogP contribution is 2.26. The minimum absolute atomic E-state index is 0.415. The van der Waals surface area contributed by atoms with E-state index in [2.05, 4.69) is 62.4 Å². The van der Waals surface area contributed by atoms with Crippen molar-refractivity contribution in [2.45, 2.75) is 52.4 Å². The molecule has 27 heavy (non-hydrogen) atoms. The molecule has 0 saturated heterocycles. The van der Waals surface area contributed by atoms with Crippen LogP contribution < -0.4 is 9.47 Å². The van der Waals surface area contributed by atoms with Gasteiger partial charge in [0.15, 0.2) is 0 Å². The van der Waals surface area contributed by atoms with Crippen LogP contribution in [-0.2, 0) is 4.74 Å². The van der Waals surface area contributed by atoms with Gasteiger partial charge in [0, 0.05) is 11.8 Å². The summed E-state index contributed by atoms with van der Waals surface area (Å²) in [7, 11) is 0. The molecule has 2 rings (SSSR count). The van der Waals surface area contributed by atoms with E-state index in [1.165, 1.54) is 11.1 Å². The summed E-state index contributed by atoms with van der Waals surface area (Å²) in [5.74, 6) is 2.69. The third-order valence-corrected chi connectivity index (χ3v) is 4.95. The third kappa shape index (κ3) is 6.59. The van der Waals surface area contributed by atoms with Crippen molar-refractivity contribution < 1.29 is 14.2 Å². The number of rotatable bonds is 12. The maximum atomic E-state index is 6.14.